The van der Waals surface area contributed by atoms with Crippen LogP contribution in [0.4, 0.5) is 0 Å². The van der Waals surface area contributed by atoms with E-state index in [1.54, 1.807) is 0 Å². The summed E-state index contributed by atoms with van der Waals surface area (Å²) >= 11 is 1.51. The molecule has 0 unspecified atom stereocenters. The number of hydrogen-bond acceptors (Lipinski definition) is 2. The average molecular weight is 167 g/mol. The highest BCUT2D eigenvalue weighted by Gasteiger charge is 2.03. The molecule has 0 N–H and O–H groups in total. The van der Waals surface area contributed by atoms with Crippen LogP contribution in [0.25, 0.3) is 6.08 Å². The summed E-state index contributed by atoms with van der Waals surface area (Å²) in [5.74, 6) is 0.699. The van der Waals surface area contributed by atoms with Gasteiger partial charge in [-0.2, -0.15) is 4.37 Å². The topological polar surface area (TPSA) is 12.9 Å². The van der Waals surface area contributed by atoms with Gasteiger partial charge >= 0.3 is 0 Å². The van der Waals surface area contributed by atoms with Crippen molar-refractivity contribution in [3.63, 3.8) is 0 Å². The average Bonchev–Trinajstić information content (AvgIpc) is 2.34. The molecule has 0 saturated heterocycles. The molecule has 1 aromatic rings. The van der Waals surface area contributed by atoms with Crippen molar-refractivity contribution >= 4 is 17.6 Å². The summed E-state index contributed by atoms with van der Waals surface area (Å²) in [6, 6.07) is 0. The summed E-state index contributed by atoms with van der Waals surface area (Å²) in [4.78, 5) is 0. The molecule has 0 aromatic carbocycles. The van der Waals surface area contributed by atoms with Crippen LogP contribution in [0.15, 0.2) is 12.0 Å². The van der Waals surface area contributed by atoms with Crippen molar-refractivity contribution in [2.75, 3.05) is 0 Å². The Balaban J connectivity index is 2.76. The van der Waals surface area contributed by atoms with E-state index in [1.807, 2.05) is 6.08 Å². The van der Waals surface area contributed by atoms with Gasteiger partial charge in [0.25, 0.3) is 0 Å². The van der Waals surface area contributed by atoms with Gasteiger partial charge in [0, 0.05) is 5.38 Å². The van der Waals surface area contributed by atoms with Crippen LogP contribution in [0.5, 0.6) is 0 Å². The largest absolute Gasteiger partial charge is 0.193 e. The Morgan fingerprint density at radius 2 is 2.45 bits per heavy atom. The van der Waals surface area contributed by atoms with Crippen LogP contribution in [0.2, 0.25) is 0 Å². The molecule has 1 nitrogen and oxygen atoms in total. The van der Waals surface area contributed by atoms with E-state index in [1.165, 1.54) is 17.1 Å². The van der Waals surface area contributed by atoms with Crippen molar-refractivity contribution in [2.45, 2.75) is 20.3 Å². The number of rotatable bonds is 3. The van der Waals surface area contributed by atoms with Gasteiger partial charge in [-0.25, -0.2) is 0 Å². The second-order valence-electron chi connectivity index (χ2n) is 3.03. The van der Waals surface area contributed by atoms with E-state index in [0.717, 1.165) is 12.1 Å². The molecule has 0 bridgehead atoms. The Bertz CT molecular complexity index is 237. The fourth-order valence-corrected chi connectivity index (χ4v) is 1.73. The minimum Gasteiger partial charge on any atom is -0.193 e. The molecule has 2 heteroatoms. The highest BCUT2D eigenvalue weighted by Crippen LogP contribution is 2.15. The van der Waals surface area contributed by atoms with Crippen LogP contribution >= 0.6 is 11.5 Å². The Morgan fingerprint density at radius 1 is 1.73 bits per heavy atom. The van der Waals surface area contributed by atoms with Gasteiger partial charge in [-0.15, -0.1) is 0 Å². The van der Waals surface area contributed by atoms with Crippen LogP contribution < -0.4 is 0 Å². The molecule has 1 rings (SSSR count). The fourth-order valence-electron chi connectivity index (χ4n) is 1.03. The van der Waals surface area contributed by atoms with Gasteiger partial charge in [0.2, 0.25) is 0 Å². The lowest BCUT2D eigenvalue weighted by atomic mass is 10.0. The summed E-state index contributed by atoms with van der Waals surface area (Å²) in [6.45, 7) is 8.14. The van der Waals surface area contributed by atoms with Gasteiger partial charge in [-0.05, 0) is 35.5 Å². The molecule has 0 radical (unpaired) electrons. The van der Waals surface area contributed by atoms with E-state index in [2.05, 4.69) is 30.2 Å². The van der Waals surface area contributed by atoms with Crippen molar-refractivity contribution in [3.8, 4) is 0 Å². The molecule has 1 heterocycles. The smallest absolute Gasteiger partial charge is 0.0794 e. The van der Waals surface area contributed by atoms with E-state index < -0.39 is 0 Å². The summed E-state index contributed by atoms with van der Waals surface area (Å²) in [5, 5.41) is 2.11. The molecule has 60 valence electrons. The SMILES string of the molecule is C=Cc1nscc1CC(C)C. The number of aromatic nitrogens is 1. The lowest BCUT2D eigenvalue weighted by molar-refractivity contribution is 0.647. The Kier molecular flexibility index (Phi) is 2.83. The van der Waals surface area contributed by atoms with Gasteiger partial charge < -0.3 is 0 Å². The van der Waals surface area contributed by atoms with E-state index in [4.69, 9.17) is 0 Å². The Hall–Kier alpha value is -0.630. The zero-order valence-corrected chi connectivity index (χ0v) is 7.82. The molecule has 0 spiro atoms. The van der Waals surface area contributed by atoms with Crippen molar-refractivity contribution in [1.29, 1.82) is 0 Å². The molecule has 1 aromatic heterocycles. The van der Waals surface area contributed by atoms with E-state index in [9.17, 15) is 0 Å². The standard InChI is InChI=1S/C9H13NS/c1-4-9-8(5-7(2)3)6-11-10-9/h4,6-7H,1,5H2,2-3H3. The molecule has 0 amide bonds. The van der Waals surface area contributed by atoms with Crippen molar-refractivity contribution in [3.05, 3.63) is 23.2 Å². The van der Waals surface area contributed by atoms with E-state index in [-0.39, 0.29) is 0 Å². The maximum absolute atomic E-state index is 4.21. The summed E-state index contributed by atoms with van der Waals surface area (Å²) in [6.07, 6.45) is 2.94. The molecule has 0 atom stereocenters. The van der Waals surface area contributed by atoms with E-state index in [0.29, 0.717) is 5.92 Å². The quantitative estimate of drug-likeness (QED) is 0.674. The number of nitrogens with zero attached hydrogens (tertiary/aromatic N) is 1. The van der Waals surface area contributed by atoms with Gasteiger partial charge in [0.1, 0.15) is 0 Å². The highest BCUT2D eigenvalue weighted by atomic mass is 32.1. The third kappa shape index (κ3) is 2.15. The van der Waals surface area contributed by atoms with E-state index >= 15 is 0 Å². The molecule has 11 heavy (non-hydrogen) atoms. The first-order chi connectivity index (χ1) is 5.24. The zero-order chi connectivity index (χ0) is 8.27. The zero-order valence-electron chi connectivity index (χ0n) is 7.00. The van der Waals surface area contributed by atoms with Gasteiger partial charge in [0.05, 0.1) is 5.69 Å². The first kappa shape index (κ1) is 8.47. The Labute approximate surface area is 71.9 Å². The second kappa shape index (κ2) is 3.67. The second-order valence-corrected chi connectivity index (χ2v) is 3.66. The molecule has 0 aliphatic rings. The first-order valence-corrected chi connectivity index (χ1v) is 4.63. The summed E-state index contributed by atoms with van der Waals surface area (Å²) in [5.41, 5.74) is 2.39. The molecule has 0 fully saturated rings. The lowest BCUT2D eigenvalue weighted by Gasteiger charge is -2.01. The van der Waals surface area contributed by atoms with Gasteiger partial charge in [-0.3, -0.25) is 0 Å². The molecule has 0 saturated carbocycles. The minimum atomic E-state index is 0.699. The molecule has 0 aliphatic carbocycles. The van der Waals surface area contributed by atoms with Crippen LogP contribution in [-0.2, 0) is 6.42 Å². The maximum atomic E-state index is 4.21. The minimum absolute atomic E-state index is 0.699. The third-order valence-electron chi connectivity index (χ3n) is 1.50. The van der Waals surface area contributed by atoms with Crippen molar-refractivity contribution in [1.82, 2.24) is 4.37 Å². The van der Waals surface area contributed by atoms with Crippen molar-refractivity contribution in [2.24, 2.45) is 5.92 Å². The van der Waals surface area contributed by atoms with Crippen LogP contribution in [-0.4, -0.2) is 4.37 Å². The fraction of sp³-hybridized carbons (Fsp3) is 0.444. The third-order valence-corrected chi connectivity index (χ3v) is 2.19. The highest BCUT2D eigenvalue weighted by molar-refractivity contribution is 7.03. The lowest BCUT2D eigenvalue weighted by Crippen LogP contribution is -1.93. The normalized spacial score (nSPS) is 10.5. The predicted octanol–water partition coefficient (Wildman–Crippen LogP) is 2.98. The van der Waals surface area contributed by atoms with Crippen LogP contribution in [0, 0.1) is 5.92 Å². The Morgan fingerprint density at radius 3 is 3.00 bits per heavy atom. The molecular formula is C9H13NS. The maximum Gasteiger partial charge on any atom is 0.0794 e. The van der Waals surface area contributed by atoms with Crippen LogP contribution in [0.3, 0.4) is 0 Å². The van der Waals surface area contributed by atoms with Crippen LogP contribution in [0.1, 0.15) is 25.1 Å². The first-order valence-electron chi connectivity index (χ1n) is 3.79. The molecular weight excluding hydrogens is 154 g/mol. The van der Waals surface area contributed by atoms with Gasteiger partial charge in [0.15, 0.2) is 0 Å². The molecule has 0 aliphatic heterocycles. The van der Waals surface area contributed by atoms with Crippen molar-refractivity contribution < 1.29 is 0 Å². The summed E-state index contributed by atoms with van der Waals surface area (Å²) < 4.78 is 4.21. The summed E-state index contributed by atoms with van der Waals surface area (Å²) in [7, 11) is 0. The number of hydrogen-bond donors (Lipinski definition) is 0. The predicted molar refractivity (Wildman–Crippen MR) is 50.7 cm³/mol. The van der Waals surface area contributed by atoms with Gasteiger partial charge in [-0.1, -0.05) is 20.4 Å². The monoisotopic (exact) mass is 167 g/mol.